The van der Waals surface area contributed by atoms with Crippen molar-refractivity contribution >= 4 is 45.0 Å². The van der Waals surface area contributed by atoms with E-state index in [0.717, 1.165) is 37.7 Å². The summed E-state index contributed by atoms with van der Waals surface area (Å²) in [5, 5.41) is 12.1. The highest BCUT2D eigenvalue weighted by molar-refractivity contribution is 6.36. The zero-order chi connectivity index (χ0) is 35.3. The van der Waals surface area contributed by atoms with Gasteiger partial charge in [0.1, 0.15) is 29.8 Å². The van der Waals surface area contributed by atoms with Crippen LogP contribution in [0, 0.1) is 17.1 Å². The third kappa shape index (κ3) is 6.15. The Morgan fingerprint density at radius 1 is 1.16 bits per heavy atom. The SMILES string of the molecule is CN1CCC1/C=C/C(=O)N1CCN(c2nc(OC[C@@]34CCCN3C[C@H](F)C4)nc3c(F)c(-c4cccc5cccc(Cl)c45)ncc23)C[C@@H]1CC#N. The van der Waals surface area contributed by atoms with Gasteiger partial charge in [-0.3, -0.25) is 19.6 Å². The number of carbonyl (C=O) groups excluding carboxylic acids is 1. The predicted molar refractivity (Wildman–Crippen MR) is 192 cm³/mol. The molecular weight excluding hydrogens is 674 g/mol. The van der Waals surface area contributed by atoms with Gasteiger partial charge in [0, 0.05) is 73.4 Å². The van der Waals surface area contributed by atoms with E-state index in [0.29, 0.717) is 59.8 Å². The van der Waals surface area contributed by atoms with Gasteiger partial charge in [-0.2, -0.15) is 15.2 Å². The summed E-state index contributed by atoms with van der Waals surface area (Å²) >= 11 is 6.63. The molecule has 0 spiro atoms. The predicted octanol–water partition coefficient (Wildman–Crippen LogP) is 5.78. The van der Waals surface area contributed by atoms with Crippen molar-refractivity contribution in [3.63, 3.8) is 0 Å². The van der Waals surface area contributed by atoms with Crippen molar-refractivity contribution in [2.24, 2.45) is 0 Å². The number of aromatic nitrogens is 3. The number of nitrogens with zero attached hydrogens (tertiary/aromatic N) is 8. The molecule has 264 valence electrons. The van der Waals surface area contributed by atoms with Crippen LogP contribution in [-0.2, 0) is 4.79 Å². The summed E-state index contributed by atoms with van der Waals surface area (Å²) in [6.45, 7) is 3.39. The lowest BCUT2D eigenvalue weighted by molar-refractivity contribution is -0.128. The number of ether oxygens (including phenoxy) is 1. The van der Waals surface area contributed by atoms with E-state index in [9.17, 15) is 14.4 Å². The largest absolute Gasteiger partial charge is 0.461 e. The first kappa shape index (κ1) is 33.7. The van der Waals surface area contributed by atoms with Gasteiger partial charge in [-0.1, -0.05) is 48.0 Å². The minimum Gasteiger partial charge on any atom is -0.461 e. The summed E-state index contributed by atoms with van der Waals surface area (Å²) in [4.78, 5) is 35.4. The van der Waals surface area contributed by atoms with Crippen molar-refractivity contribution in [2.45, 2.75) is 55.9 Å². The first-order valence-electron chi connectivity index (χ1n) is 17.6. The van der Waals surface area contributed by atoms with E-state index in [1.807, 2.05) is 42.3 Å². The fourth-order valence-corrected chi connectivity index (χ4v) is 8.63. The van der Waals surface area contributed by atoms with Gasteiger partial charge in [0.05, 0.1) is 29.5 Å². The fraction of sp³-hybridized carbons (Fsp3) is 0.447. The number of carbonyl (C=O) groups is 1. The van der Waals surface area contributed by atoms with Crippen LogP contribution in [0.5, 0.6) is 6.01 Å². The van der Waals surface area contributed by atoms with Gasteiger partial charge in [0.15, 0.2) is 5.82 Å². The Hall–Kier alpha value is -4.44. The molecule has 2 aromatic heterocycles. The second-order valence-electron chi connectivity index (χ2n) is 14.2. The molecule has 4 aliphatic rings. The molecule has 4 aromatic rings. The lowest BCUT2D eigenvalue weighted by atomic mass is 9.95. The number of halogens is 3. The van der Waals surface area contributed by atoms with Crippen LogP contribution >= 0.6 is 11.6 Å². The minimum absolute atomic E-state index is 0.0177. The highest BCUT2D eigenvalue weighted by Gasteiger charge is 2.49. The Balaban J connectivity index is 1.17. The zero-order valence-corrected chi connectivity index (χ0v) is 29.2. The molecule has 0 aliphatic carbocycles. The molecule has 51 heavy (non-hydrogen) atoms. The summed E-state index contributed by atoms with van der Waals surface area (Å²) < 4.78 is 37.8. The molecule has 0 bridgehead atoms. The Morgan fingerprint density at radius 2 is 2.00 bits per heavy atom. The molecule has 10 nitrogen and oxygen atoms in total. The van der Waals surface area contributed by atoms with Crippen molar-refractivity contribution in [3.05, 3.63) is 65.6 Å². The van der Waals surface area contributed by atoms with Gasteiger partial charge in [0.25, 0.3) is 0 Å². The van der Waals surface area contributed by atoms with Crippen LogP contribution in [0.15, 0.2) is 54.7 Å². The number of pyridine rings is 1. The number of fused-ring (bicyclic) bond motifs is 3. The number of rotatable bonds is 8. The van der Waals surface area contributed by atoms with Crippen molar-refractivity contribution in [1.82, 2.24) is 29.7 Å². The number of nitriles is 1. The van der Waals surface area contributed by atoms with Crippen LogP contribution in [0.2, 0.25) is 5.02 Å². The summed E-state index contributed by atoms with van der Waals surface area (Å²) in [6, 6.07) is 13.1. The van der Waals surface area contributed by atoms with E-state index in [4.69, 9.17) is 21.3 Å². The van der Waals surface area contributed by atoms with Gasteiger partial charge in [-0.25, -0.2) is 8.78 Å². The number of alkyl halides is 1. The van der Waals surface area contributed by atoms with Crippen LogP contribution in [0.1, 0.15) is 32.1 Å². The van der Waals surface area contributed by atoms with Crippen LogP contribution < -0.4 is 9.64 Å². The smallest absolute Gasteiger partial charge is 0.319 e. The second kappa shape index (κ2) is 13.6. The van der Waals surface area contributed by atoms with E-state index >= 15 is 4.39 Å². The second-order valence-corrected chi connectivity index (χ2v) is 14.6. The lowest BCUT2D eigenvalue weighted by Crippen LogP contribution is -2.55. The molecule has 4 fully saturated rings. The number of piperazine rings is 1. The number of anilines is 1. The Morgan fingerprint density at radius 3 is 2.78 bits per heavy atom. The summed E-state index contributed by atoms with van der Waals surface area (Å²) in [6.07, 6.45) is 7.43. The number of likely N-dealkylation sites (N-methyl/N-ethyl adjacent to an activating group) is 1. The molecular formula is C38H39ClF2N8O2. The number of hydrogen-bond acceptors (Lipinski definition) is 9. The minimum atomic E-state index is -0.930. The maximum absolute atomic E-state index is 16.9. The molecule has 0 radical (unpaired) electrons. The fourth-order valence-electron chi connectivity index (χ4n) is 8.34. The normalized spacial score (nSPS) is 25.4. The summed E-state index contributed by atoms with van der Waals surface area (Å²) in [7, 11) is 2.02. The molecule has 4 saturated heterocycles. The number of hydrogen-bond donors (Lipinski definition) is 0. The third-order valence-electron chi connectivity index (χ3n) is 11.2. The average molecular weight is 713 g/mol. The number of benzene rings is 2. The van der Waals surface area contributed by atoms with E-state index in [1.54, 1.807) is 29.3 Å². The monoisotopic (exact) mass is 712 g/mol. The quantitative estimate of drug-likeness (QED) is 0.210. The van der Waals surface area contributed by atoms with E-state index in [1.165, 1.54) is 0 Å². The van der Waals surface area contributed by atoms with Gasteiger partial charge >= 0.3 is 6.01 Å². The molecule has 0 N–H and O–H groups in total. The van der Waals surface area contributed by atoms with Crippen LogP contribution in [0.4, 0.5) is 14.6 Å². The maximum atomic E-state index is 16.9. The maximum Gasteiger partial charge on any atom is 0.319 e. The highest BCUT2D eigenvalue weighted by Crippen LogP contribution is 2.41. The molecule has 4 atom stereocenters. The van der Waals surface area contributed by atoms with Crippen LogP contribution in [-0.4, -0.2) is 112 Å². The Bertz CT molecular complexity index is 2070. The molecule has 4 aliphatic heterocycles. The van der Waals surface area contributed by atoms with Crippen LogP contribution in [0.25, 0.3) is 32.9 Å². The van der Waals surface area contributed by atoms with Gasteiger partial charge in [0.2, 0.25) is 5.91 Å². The van der Waals surface area contributed by atoms with Gasteiger partial charge in [-0.05, 0) is 44.3 Å². The van der Waals surface area contributed by atoms with Crippen molar-refractivity contribution in [1.29, 1.82) is 5.26 Å². The average Bonchev–Trinajstić information content (AvgIpc) is 3.65. The molecule has 0 saturated carbocycles. The number of amides is 1. The molecule has 2 aromatic carbocycles. The van der Waals surface area contributed by atoms with E-state index in [2.05, 4.69) is 25.8 Å². The van der Waals surface area contributed by atoms with Crippen molar-refractivity contribution in [3.8, 4) is 23.3 Å². The van der Waals surface area contributed by atoms with Crippen molar-refractivity contribution < 1.29 is 18.3 Å². The Labute approximate surface area is 300 Å². The topological polar surface area (TPSA) is 102 Å². The molecule has 1 amide bonds. The third-order valence-corrected chi connectivity index (χ3v) is 11.5. The van der Waals surface area contributed by atoms with Crippen molar-refractivity contribution in [2.75, 3.05) is 57.8 Å². The lowest BCUT2D eigenvalue weighted by Gasteiger charge is -2.41. The summed E-state index contributed by atoms with van der Waals surface area (Å²) in [5.74, 6) is -0.380. The summed E-state index contributed by atoms with van der Waals surface area (Å²) in [5.41, 5.74) is 0.200. The molecule has 13 heteroatoms. The number of likely N-dealkylation sites (tertiary alicyclic amines) is 1. The highest BCUT2D eigenvalue weighted by atomic mass is 35.5. The Kier molecular flexibility index (Phi) is 8.98. The molecule has 6 heterocycles. The van der Waals surface area contributed by atoms with E-state index in [-0.39, 0.29) is 42.2 Å². The standard InChI is InChI=1S/C38H39ClF2N8O2/c1-46-16-12-26(46)9-10-31(50)49-18-17-47(22-27(49)11-14-42)36-29-20-43-34(28-7-2-5-24-6-3-8-30(39)32(24)28)33(41)35(29)44-37(45-36)51-23-38-13-4-15-48(38)21-25(40)19-38/h2-3,5-10,20,25-27H,4,11-13,15-19,21-23H2,1H3/b10-9+/t25-,26?,27+,38+/m1/s1. The van der Waals surface area contributed by atoms with Gasteiger partial charge in [-0.15, -0.1) is 0 Å². The van der Waals surface area contributed by atoms with Gasteiger partial charge < -0.3 is 14.5 Å². The first-order valence-corrected chi connectivity index (χ1v) is 18.0. The zero-order valence-electron chi connectivity index (χ0n) is 28.4. The molecule has 1 unspecified atom stereocenters. The van der Waals surface area contributed by atoms with E-state index < -0.39 is 23.6 Å². The molecule has 8 rings (SSSR count). The first-order chi connectivity index (χ1) is 24.7. The van der Waals surface area contributed by atoms with Crippen LogP contribution in [0.3, 0.4) is 0 Å².